The van der Waals surface area contributed by atoms with Gasteiger partial charge >= 0.3 is 12.1 Å². The Kier molecular flexibility index (Phi) is 5.18. The number of benzene rings is 2. The maximum absolute atomic E-state index is 12.0. The van der Waals surface area contributed by atoms with E-state index in [-0.39, 0.29) is 12.5 Å². The fourth-order valence-electron chi connectivity index (χ4n) is 3.26. The van der Waals surface area contributed by atoms with Gasteiger partial charge < -0.3 is 15.2 Å². The zero-order valence-corrected chi connectivity index (χ0v) is 15.4. The smallest absolute Gasteiger partial charge is 0.407 e. The van der Waals surface area contributed by atoms with E-state index in [0.717, 1.165) is 28.5 Å². The van der Waals surface area contributed by atoms with Gasteiger partial charge in [-0.2, -0.15) is 0 Å². The number of hydrogen-bond donors (Lipinski definition) is 2. The Morgan fingerprint density at radius 1 is 1.07 bits per heavy atom. The monoisotopic (exact) mass is 389 g/mol. The SMILES string of the molecule is CS(=O)(=O)C[C@H](NC(=O)OCC1c2ccccc2-c2ccccc21)C(=O)O. The zero-order chi connectivity index (χ0) is 19.6. The Hall–Kier alpha value is -2.87. The largest absolute Gasteiger partial charge is 0.480 e. The summed E-state index contributed by atoms with van der Waals surface area (Å²) in [6, 6.07) is 14.1. The predicted octanol–water partition coefficient (Wildman–Crippen LogP) is 2.02. The van der Waals surface area contributed by atoms with E-state index in [1.165, 1.54) is 0 Å². The van der Waals surface area contributed by atoms with Crippen molar-refractivity contribution in [1.82, 2.24) is 5.32 Å². The number of sulfone groups is 1. The fourth-order valence-corrected chi connectivity index (χ4v) is 4.09. The van der Waals surface area contributed by atoms with Crippen LogP contribution in [0.4, 0.5) is 4.79 Å². The average Bonchev–Trinajstić information content (AvgIpc) is 2.92. The number of amides is 1. The maximum atomic E-state index is 12.0. The third kappa shape index (κ3) is 4.28. The third-order valence-corrected chi connectivity index (χ3v) is 5.34. The van der Waals surface area contributed by atoms with Gasteiger partial charge in [-0.25, -0.2) is 18.0 Å². The molecular formula is C19H19NO6S. The van der Waals surface area contributed by atoms with Gasteiger partial charge in [0.1, 0.15) is 22.5 Å². The van der Waals surface area contributed by atoms with Crippen molar-refractivity contribution < 1.29 is 27.9 Å². The van der Waals surface area contributed by atoms with E-state index >= 15 is 0 Å². The predicted molar refractivity (Wildman–Crippen MR) is 99.3 cm³/mol. The standard InChI is InChI=1S/C19H19NO6S/c1-27(24,25)11-17(18(21)22)20-19(23)26-10-16-14-8-4-2-6-12(14)13-7-3-5-9-15(13)16/h2-9,16-17H,10-11H2,1H3,(H,20,23)(H,21,22)/t17-/m0/s1. The van der Waals surface area contributed by atoms with Gasteiger partial charge in [-0.1, -0.05) is 48.5 Å². The van der Waals surface area contributed by atoms with Crippen LogP contribution in [0.3, 0.4) is 0 Å². The third-order valence-electron chi connectivity index (χ3n) is 4.40. The number of carbonyl (C=O) groups is 2. The lowest BCUT2D eigenvalue weighted by Crippen LogP contribution is -2.45. The van der Waals surface area contributed by atoms with Crippen molar-refractivity contribution in [2.45, 2.75) is 12.0 Å². The molecule has 1 aliphatic carbocycles. The second-order valence-corrected chi connectivity index (χ2v) is 8.64. The molecule has 142 valence electrons. The molecule has 0 radical (unpaired) electrons. The van der Waals surface area contributed by atoms with E-state index in [1.807, 2.05) is 48.5 Å². The molecular weight excluding hydrogens is 370 g/mol. The van der Waals surface area contributed by atoms with Crippen LogP contribution in [0.2, 0.25) is 0 Å². The van der Waals surface area contributed by atoms with Crippen LogP contribution in [0.15, 0.2) is 48.5 Å². The summed E-state index contributed by atoms with van der Waals surface area (Å²) in [7, 11) is -3.58. The molecule has 2 aromatic rings. The van der Waals surface area contributed by atoms with Crippen molar-refractivity contribution >= 4 is 21.9 Å². The minimum atomic E-state index is -3.58. The molecule has 1 atom stereocenters. The molecule has 0 aromatic heterocycles. The Labute approximate surface area is 156 Å². The number of ether oxygens (including phenoxy) is 1. The van der Waals surface area contributed by atoms with Crippen molar-refractivity contribution in [2.75, 3.05) is 18.6 Å². The molecule has 1 amide bonds. The number of rotatable bonds is 6. The lowest BCUT2D eigenvalue weighted by Gasteiger charge is -2.17. The van der Waals surface area contributed by atoms with E-state index < -0.39 is 33.7 Å². The first-order valence-electron chi connectivity index (χ1n) is 8.28. The summed E-state index contributed by atoms with van der Waals surface area (Å²) in [6.07, 6.45) is -0.0598. The molecule has 27 heavy (non-hydrogen) atoms. The normalized spacial score (nSPS) is 14.1. The maximum Gasteiger partial charge on any atom is 0.407 e. The van der Waals surface area contributed by atoms with Gasteiger partial charge in [0, 0.05) is 12.2 Å². The Morgan fingerprint density at radius 3 is 2.07 bits per heavy atom. The second-order valence-electron chi connectivity index (χ2n) is 6.45. The van der Waals surface area contributed by atoms with E-state index in [4.69, 9.17) is 9.84 Å². The number of nitrogens with one attached hydrogen (secondary N) is 1. The van der Waals surface area contributed by atoms with Crippen LogP contribution in [0.25, 0.3) is 11.1 Å². The molecule has 2 N–H and O–H groups in total. The fraction of sp³-hybridized carbons (Fsp3) is 0.263. The molecule has 2 aromatic carbocycles. The number of carbonyl (C=O) groups excluding carboxylic acids is 1. The van der Waals surface area contributed by atoms with E-state index in [2.05, 4.69) is 5.32 Å². The molecule has 0 saturated heterocycles. The molecule has 0 bridgehead atoms. The Bertz CT molecular complexity index is 940. The van der Waals surface area contributed by atoms with Crippen LogP contribution in [0.1, 0.15) is 17.0 Å². The highest BCUT2D eigenvalue weighted by molar-refractivity contribution is 7.90. The zero-order valence-electron chi connectivity index (χ0n) is 14.6. The van der Waals surface area contributed by atoms with Crippen molar-refractivity contribution in [3.8, 4) is 11.1 Å². The number of fused-ring (bicyclic) bond motifs is 3. The first-order chi connectivity index (χ1) is 12.8. The lowest BCUT2D eigenvalue weighted by atomic mass is 9.98. The molecule has 0 unspecified atom stereocenters. The van der Waals surface area contributed by atoms with Crippen molar-refractivity contribution in [3.05, 3.63) is 59.7 Å². The first kappa shape index (κ1) is 18.9. The number of carboxylic acids is 1. The van der Waals surface area contributed by atoms with Gasteiger partial charge in [0.2, 0.25) is 0 Å². The minimum Gasteiger partial charge on any atom is -0.480 e. The minimum absolute atomic E-state index is 0.0189. The van der Waals surface area contributed by atoms with Crippen LogP contribution in [-0.4, -0.2) is 50.2 Å². The highest BCUT2D eigenvalue weighted by Gasteiger charge is 2.30. The van der Waals surface area contributed by atoms with Crippen molar-refractivity contribution in [1.29, 1.82) is 0 Å². The van der Waals surface area contributed by atoms with Gasteiger partial charge in [-0.05, 0) is 22.3 Å². The molecule has 0 saturated carbocycles. The molecule has 0 aliphatic heterocycles. The first-order valence-corrected chi connectivity index (χ1v) is 10.3. The van der Waals surface area contributed by atoms with Gasteiger partial charge in [0.15, 0.2) is 0 Å². The van der Waals surface area contributed by atoms with Gasteiger partial charge in [-0.15, -0.1) is 0 Å². The van der Waals surface area contributed by atoms with Crippen LogP contribution in [0, 0.1) is 0 Å². The van der Waals surface area contributed by atoms with Crippen LogP contribution in [0.5, 0.6) is 0 Å². The molecule has 8 heteroatoms. The number of alkyl carbamates (subject to hydrolysis) is 1. The quantitative estimate of drug-likeness (QED) is 0.782. The van der Waals surface area contributed by atoms with Crippen LogP contribution in [-0.2, 0) is 19.4 Å². The van der Waals surface area contributed by atoms with Crippen molar-refractivity contribution in [3.63, 3.8) is 0 Å². The molecule has 3 rings (SSSR count). The van der Waals surface area contributed by atoms with E-state index in [9.17, 15) is 18.0 Å². The topological polar surface area (TPSA) is 110 Å². The summed E-state index contributed by atoms with van der Waals surface area (Å²) in [5, 5.41) is 11.2. The number of carboxylic acid groups (broad SMARTS) is 1. The molecule has 7 nitrogen and oxygen atoms in total. The van der Waals surface area contributed by atoms with E-state index in [1.54, 1.807) is 0 Å². The molecule has 0 heterocycles. The molecule has 0 fully saturated rings. The summed E-state index contributed by atoms with van der Waals surface area (Å²) in [5.41, 5.74) is 4.19. The summed E-state index contributed by atoms with van der Waals surface area (Å²) in [6.45, 7) is 0.0189. The summed E-state index contributed by atoms with van der Waals surface area (Å²) in [5.74, 6) is -2.30. The lowest BCUT2D eigenvalue weighted by molar-refractivity contribution is -0.138. The highest BCUT2D eigenvalue weighted by atomic mass is 32.2. The van der Waals surface area contributed by atoms with Gasteiger partial charge in [0.25, 0.3) is 0 Å². The van der Waals surface area contributed by atoms with Gasteiger partial charge in [-0.3, -0.25) is 0 Å². The number of hydrogen-bond acceptors (Lipinski definition) is 5. The molecule has 1 aliphatic rings. The highest BCUT2D eigenvalue weighted by Crippen LogP contribution is 2.44. The molecule has 0 spiro atoms. The second kappa shape index (κ2) is 7.40. The van der Waals surface area contributed by atoms with Crippen LogP contribution < -0.4 is 5.32 Å². The van der Waals surface area contributed by atoms with Gasteiger partial charge in [0.05, 0.1) is 5.75 Å². The van der Waals surface area contributed by atoms with Crippen molar-refractivity contribution in [2.24, 2.45) is 0 Å². The number of aliphatic carboxylic acids is 1. The summed E-state index contributed by atoms with van der Waals surface area (Å²) < 4.78 is 27.9. The summed E-state index contributed by atoms with van der Waals surface area (Å²) >= 11 is 0. The Balaban J connectivity index is 1.71. The average molecular weight is 389 g/mol. The summed E-state index contributed by atoms with van der Waals surface area (Å²) in [4.78, 5) is 23.2. The van der Waals surface area contributed by atoms with E-state index in [0.29, 0.717) is 0 Å². The van der Waals surface area contributed by atoms with Crippen LogP contribution >= 0.6 is 0 Å². The Morgan fingerprint density at radius 2 is 1.59 bits per heavy atom.